The lowest BCUT2D eigenvalue weighted by Gasteiger charge is -2.14. The minimum Gasteiger partial charge on any atom is -0.350 e. The number of hydrogen-bond donors (Lipinski definition) is 1. The van der Waals surface area contributed by atoms with Gasteiger partial charge in [0.05, 0.1) is 23.8 Å². The Morgan fingerprint density at radius 3 is 2.95 bits per heavy atom. The molecule has 1 N–H and O–H groups in total. The molecule has 2 amide bonds. The van der Waals surface area contributed by atoms with Crippen LogP contribution in [-0.2, 0) is 22.6 Å². The van der Waals surface area contributed by atoms with E-state index in [0.717, 1.165) is 34.8 Å². The average Bonchev–Trinajstić information content (AvgIpc) is 2.95. The largest absolute Gasteiger partial charge is 0.350 e. The summed E-state index contributed by atoms with van der Waals surface area (Å²) in [6.45, 7) is 5.49. The van der Waals surface area contributed by atoms with Crippen molar-refractivity contribution in [1.29, 1.82) is 0 Å². The first-order valence-electron chi connectivity index (χ1n) is 7.09. The lowest BCUT2D eigenvalue weighted by atomic mass is 10.3. The number of aromatic nitrogens is 1. The summed E-state index contributed by atoms with van der Waals surface area (Å²) in [5, 5.41) is 4.01. The van der Waals surface area contributed by atoms with Crippen molar-refractivity contribution in [3.63, 3.8) is 0 Å². The van der Waals surface area contributed by atoms with Crippen molar-refractivity contribution < 1.29 is 9.59 Å². The van der Waals surface area contributed by atoms with Gasteiger partial charge in [0.1, 0.15) is 0 Å². The van der Waals surface area contributed by atoms with Crippen molar-refractivity contribution in [2.24, 2.45) is 0 Å². The van der Waals surface area contributed by atoms with Crippen LogP contribution in [0.5, 0.6) is 0 Å². The van der Waals surface area contributed by atoms with Crippen molar-refractivity contribution >= 4 is 23.2 Å². The van der Waals surface area contributed by atoms with E-state index in [4.69, 9.17) is 0 Å². The van der Waals surface area contributed by atoms with Crippen LogP contribution in [0.2, 0.25) is 0 Å². The maximum atomic E-state index is 11.8. The summed E-state index contributed by atoms with van der Waals surface area (Å²) in [7, 11) is 0. The third kappa shape index (κ3) is 3.79. The molecule has 5 nitrogen and oxygen atoms in total. The van der Waals surface area contributed by atoms with Crippen LogP contribution >= 0.6 is 11.3 Å². The number of carbonyl (C=O) groups is 2. The van der Waals surface area contributed by atoms with Gasteiger partial charge >= 0.3 is 0 Å². The molecular formula is C14H21N3O2S. The van der Waals surface area contributed by atoms with Gasteiger partial charge in [-0.15, -0.1) is 11.3 Å². The molecule has 0 aromatic carbocycles. The number of rotatable bonds is 6. The molecular weight excluding hydrogens is 274 g/mol. The van der Waals surface area contributed by atoms with Gasteiger partial charge in [0.15, 0.2) is 0 Å². The molecule has 0 atom stereocenters. The van der Waals surface area contributed by atoms with E-state index in [2.05, 4.69) is 17.2 Å². The summed E-state index contributed by atoms with van der Waals surface area (Å²) in [6.07, 6.45) is 3.50. The quantitative estimate of drug-likeness (QED) is 0.868. The SMILES string of the molecule is CCCc1nc(C)c(CNC(=O)CN2CCCC2=O)s1. The van der Waals surface area contributed by atoms with E-state index in [1.807, 2.05) is 6.92 Å². The molecule has 1 aliphatic heterocycles. The van der Waals surface area contributed by atoms with Crippen molar-refractivity contribution in [3.05, 3.63) is 15.6 Å². The second-order valence-electron chi connectivity index (χ2n) is 5.06. The monoisotopic (exact) mass is 295 g/mol. The molecule has 1 aromatic heterocycles. The fraction of sp³-hybridized carbons (Fsp3) is 0.643. The summed E-state index contributed by atoms with van der Waals surface area (Å²) in [5.74, 6) is -0.00977. The van der Waals surface area contributed by atoms with E-state index in [1.54, 1.807) is 16.2 Å². The Morgan fingerprint density at radius 2 is 2.30 bits per heavy atom. The van der Waals surface area contributed by atoms with Gasteiger partial charge in [-0.2, -0.15) is 0 Å². The fourth-order valence-corrected chi connectivity index (χ4v) is 3.36. The lowest BCUT2D eigenvalue weighted by molar-refractivity contribution is -0.133. The predicted molar refractivity (Wildman–Crippen MR) is 78.5 cm³/mol. The fourth-order valence-electron chi connectivity index (χ4n) is 2.25. The Labute approximate surface area is 123 Å². The topological polar surface area (TPSA) is 62.3 Å². The van der Waals surface area contributed by atoms with Gasteiger partial charge in [-0.05, 0) is 26.2 Å². The van der Waals surface area contributed by atoms with Crippen LogP contribution in [0, 0.1) is 6.92 Å². The number of nitrogens with zero attached hydrogens (tertiary/aromatic N) is 2. The van der Waals surface area contributed by atoms with Crippen molar-refractivity contribution in [1.82, 2.24) is 15.2 Å². The average molecular weight is 295 g/mol. The van der Waals surface area contributed by atoms with Crippen LogP contribution in [0.15, 0.2) is 0 Å². The van der Waals surface area contributed by atoms with Crippen LogP contribution in [0.1, 0.15) is 41.8 Å². The van der Waals surface area contributed by atoms with E-state index in [1.165, 1.54) is 0 Å². The molecule has 0 saturated carbocycles. The Balaban J connectivity index is 1.82. The molecule has 1 saturated heterocycles. The molecule has 20 heavy (non-hydrogen) atoms. The van der Waals surface area contributed by atoms with E-state index in [0.29, 0.717) is 19.5 Å². The number of thiazole rings is 1. The Kier molecular flexibility index (Phi) is 5.11. The molecule has 110 valence electrons. The highest BCUT2D eigenvalue weighted by Gasteiger charge is 2.22. The van der Waals surface area contributed by atoms with E-state index >= 15 is 0 Å². The van der Waals surface area contributed by atoms with E-state index in [9.17, 15) is 9.59 Å². The highest BCUT2D eigenvalue weighted by atomic mass is 32.1. The summed E-state index contributed by atoms with van der Waals surface area (Å²) >= 11 is 1.66. The number of carbonyl (C=O) groups excluding carboxylic acids is 2. The molecule has 1 fully saturated rings. The summed E-state index contributed by atoms with van der Waals surface area (Å²) < 4.78 is 0. The standard InChI is InChI=1S/C14H21N3O2S/c1-3-5-13-16-10(2)11(20-13)8-15-12(18)9-17-7-4-6-14(17)19/h3-9H2,1-2H3,(H,15,18). The van der Waals surface area contributed by atoms with Crippen LogP contribution in [-0.4, -0.2) is 34.8 Å². The van der Waals surface area contributed by atoms with E-state index in [-0.39, 0.29) is 18.4 Å². The maximum absolute atomic E-state index is 11.8. The number of hydrogen-bond acceptors (Lipinski definition) is 4. The van der Waals surface area contributed by atoms with Gasteiger partial charge in [-0.25, -0.2) is 4.98 Å². The highest BCUT2D eigenvalue weighted by molar-refractivity contribution is 7.11. The first kappa shape index (κ1) is 15.0. The van der Waals surface area contributed by atoms with Crippen LogP contribution in [0.25, 0.3) is 0 Å². The van der Waals surface area contributed by atoms with Crippen molar-refractivity contribution in [2.45, 2.75) is 46.1 Å². The first-order chi connectivity index (χ1) is 9.60. The molecule has 0 aliphatic carbocycles. The third-order valence-electron chi connectivity index (χ3n) is 3.35. The normalized spacial score (nSPS) is 14.9. The van der Waals surface area contributed by atoms with Crippen molar-refractivity contribution in [2.75, 3.05) is 13.1 Å². The molecule has 2 rings (SSSR count). The van der Waals surface area contributed by atoms with Crippen LogP contribution < -0.4 is 5.32 Å². The zero-order chi connectivity index (χ0) is 14.5. The maximum Gasteiger partial charge on any atom is 0.239 e. The molecule has 0 bridgehead atoms. The zero-order valence-electron chi connectivity index (χ0n) is 12.1. The molecule has 1 aliphatic rings. The number of nitrogens with one attached hydrogen (secondary N) is 1. The summed E-state index contributed by atoms with van der Waals surface area (Å²) in [5.41, 5.74) is 0.996. The Hall–Kier alpha value is -1.43. The Bertz CT molecular complexity index is 499. The zero-order valence-corrected chi connectivity index (χ0v) is 12.9. The second kappa shape index (κ2) is 6.83. The van der Waals surface area contributed by atoms with Gasteiger partial charge in [-0.1, -0.05) is 6.92 Å². The lowest BCUT2D eigenvalue weighted by Crippen LogP contribution is -2.37. The molecule has 0 unspecified atom stereocenters. The third-order valence-corrected chi connectivity index (χ3v) is 4.57. The second-order valence-corrected chi connectivity index (χ2v) is 6.23. The number of likely N-dealkylation sites (tertiary alicyclic amines) is 1. The molecule has 6 heteroatoms. The van der Waals surface area contributed by atoms with Crippen molar-refractivity contribution in [3.8, 4) is 0 Å². The highest BCUT2D eigenvalue weighted by Crippen LogP contribution is 2.19. The van der Waals surface area contributed by atoms with Crippen LogP contribution in [0.4, 0.5) is 0 Å². The van der Waals surface area contributed by atoms with Gasteiger partial charge < -0.3 is 10.2 Å². The van der Waals surface area contributed by atoms with Gasteiger partial charge in [0.2, 0.25) is 11.8 Å². The van der Waals surface area contributed by atoms with Gasteiger partial charge in [0.25, 0.3) is 0 Å². The number of aryl methyl sites for hydroxylation is 2. The molecule has 0 spiro atoms. The van der Waals surface area contributed by atoms with Crippen LogP contribution in [0.3, 0.4) is 0 Å². The number of amides is 2. The molecule has 0 radical (unpaired) electrons. The Morgan fingerprint density at radius 1 is 1.50 bits per heavy atom. The molecule has 2 heterocycles. The van der Waals surface area contributed by atoms with Gasteiger partial charge in [0, 0.05) is 17.8 Å². The minimum atomic E-state index is -0.0925. The van der Waals surface area contributed by atoms with E-state index < -0.39 is 0 Å². The summed E-state index contributed by atoms with van der Waals surface area (Å²) in [4.78, 5) is 30.5. The minimum absolute atomic E-state index is 0.0827. The molecule has 1 aromatic rings. The summed E-state index contributed by atoms with van der Waals surface area (Å²) in [6, 6.07) is 0. The van der Waals surface area contributed by atoms with Gasteiger partial charge in [-0.3, -0.25) is 9.59 Å². The first-order valence-corrected chi connectivity index (χ1v) is 7.91. The predicted octanol–water partition coefficient (Wildman–Crippen LogP) is 1.64. The smallest absolute Gasteiger partial charge is 0.239 e.